The monoisotopic (exact) mass is 152 g/mol. The van der Waals surface area contributed by atoms with Gasteiger partial charge in [-0.25, -0.2) is 0 Å². The Morgan fingerprint density at radius 2 is 1.73 bits per heavy atom. The van der Waals surface area contributed by atoms with Gasteiger partial charge < -0.3 is 5.11 Å². The number of carboxylic acids is 1. The summed E-state index contributed by atoms with van der Waals surface area (Å²) in [4.78, 5) is 10.7. The highest BCUT2D eigenvalue weighted by atomic mass is 16.4. The Kier molecular flexibility index (Phi) is 0.890. The van der Waals surface area contributed by atoms with Crippen molar-refractivity contribution < 1.29 is 9.90 Å². The number of aliphatic carboxylic acids is 1. The number of hydrogen-bond acceptors (Lipinski definition) is 1. The Labute approximate surface area is 65.6 Å². The smallest absolute Gasteiger partial charge is 0.307 e. The van der Waals surface area contributed by atoms with Crippen molar-refractivity contribution in [2.45, 2.75) is 19.3 Å². The topological polar surface area (TPSA) is 37.3 Å². The predicted molar refractivity (Wildman–Crippen MR) is 38.9 cm³/mol. The summed E-state index contributed by atoms with van der Waals surface area (Å²) < 4.78 is 0. The fraction of sp³-hybridized carbons (Fsp3) is 0.889. The zero-order chi connectivity index (χ0) is 7.59. The summed E-state index contributed by atoms with van der Waals surface area (Å²) in [6.45, 7) is 0. The van der Waals surface area contributed by atoms with Crippen molar-refractivity contribution >= 4 is 5.97 Å². The maximum atomic E-state index is 10.7. The number of fused-ring (bicyclic) bond motifs is 5. The highest BCUT2D eigenvalue weighted by Gasteiger charge is 2.67. The van der Waals surface area contributed by atoms with Crippen LogP contribution in [-0.4, -0.2) is 11.1 Å². The summed E-state index contributed by atoms with van der Waals surface area (Å²) in [5.74, 6) is 2.34. The highest BCUT2D eigenvalue weighted by Crippen LogP contribution is 2.69. The third-order valence-electron chi connectivity index (χ3n) is 4.02. The first kappa shape index (κ1) is 6.04. The van der Waals surface area contributed by atoms with Crippen LogP contribution in [-0.2, 0) is 4.79 Å². The van der Waals surface area contributed by atoms with Crippen molar-refractivity contribution in [2.24, 2.45) is 29.6 Å². The van der Waals surface area contributed by atoms with Gasteiger partial charge in [0.1, 0.15) is 0 Å². The van der Waals surface area contributed by atoms with Crippen LogP contribution in [0.15, 0.2) is 0 Å². The molecule has 3 aliphatic carbocycles. The van der Waals surface area contributed by atoms with E-state index in [4.69, 9.17) is 5.11 Å². The van der Waals surface area contributed by atoms with Gasteiger partial charge >= 0.3 is 5.97 Å². The zero-order valence-corrected chi connectivity index (χ0v) is 6.36. The van der Waals surface area contributed by atoms with E-state index in [0.717, 1.165) is 11.8 Å². The molecule has 0 aromatic heterocycles. The van der Waals surface area contributed by atoms with Gasteiger partial charge in [-0.3, -0.25) is 4.79 Å². The summed E-state index contributed by atoms with van der Waals surface area (Å²) in [6, 6.07) is 0. The molecule has 2 heteroatoms. The fourth-order valence-electron chi connectivity index (χ4n) is 3.66. The molecule has 1 N–H and O–H groups in total. The Hall–Kier alpha value is -0.530. The van der Waals surface area contributed by atoms with Crippen molar-refractivity contribution in [3.8, 4) is 0 Å². The molecule has 0 spiro atoms. The maximum Gasteiger partial charge on any atom is 0.307 e. The van der Waals surface area contributed by atoms with Crippen LogP contribution in [0.3, 0.4) is 0 Å². The number of hydrogen-bond donors (Lipinski definition) is 1. The molecule has 3 saturated carbocycles. The van der Waals surface area contributed by atoms with Crippen molar-refractivity contribution in [1.29, 1.82) is 0 Å². The lowest BCUT2D eigenvalue weighted by molar-refractivity contribution is -0.139. The van der Waals surface area contributed by atoms with E-state index in [1.165, 1.54) is 19.3 Å². The average molecular weight is 152 g/mol. The summed E-state index contributed by atoms with van der Waals surface area (Å²) in [5, 5.41) is 8.82. The SMILES string of the molecule is O=C(O)C1[C@@H]2[C@@H]3CC[C@@H](C3)[C@H]12. The second kappa shape index (κ2) is 1.62. The molecule has 0 saturated heterocycles. The molecule has 3 fully saturated rings. The molecule has 2 nitrogen and oxygen atoms in total. The van der Waals surface area contributed by atoms with Crippen LogP contribution < -0.4 is 0 Å². The lowest BCUT2D eigenvalue weighted by atomic mass is 10.0. The van der Waals surface area contributed by atoms with Gasteiger partial charge in [0.15, 0.2) is 0 Å². The van der Waals surface area contributed by atoms with Crippen LogP contribution >= 0.6 is 0 Å². The van der Waals surface area contributed by atoms with E-state index in [1.54, 1.807) is 0 Å². The first-order valence-corrected chi connectivity index (χ1v) is 4.52. The van der Waals surface area contributed by atoms with E-state index in [0.29, 0.717) is 11.8 Å². The standard InChI is InChI=1S/C9H12O2/c10-9(11)8-6-4-1-2-5(3-4)7(6)8/h4-8H,1-3H2,(H,10,11)/t4-,5+,6-,7+,8?. The molecule has 11 heavy (non-hydrogen) atoms. The van der Waals surface area contributed by atoms with Gasteiger partial charge in [-0.2, -0.15) is 0 Å². The average Bonchev–Trinajstić information content (AvgIpc) is 2.44. The van der Waals surface area contributed by atoms with Crippen LogP contribution in [0.5, 0.6) is 0 Å². The normalized spacial score (nSPS) is 57.6. The number of carboxylic acid groups (broad SMARTS) is 1. The van der Waals surface area contributed by atoms with E-state index in [1.807, 2.05) is 0 Å². The fourth-order valence-corrected chi connectivity index (χ4v) is 3.66. The van der Waals surface area contributed by atoms with E-state index in [9.17, 15) is 4.79 Å². The summed E-state index contributed by atoms with van der Waals surface area (Å²) >= 11 is 0. The van der Waals surface area contributed by atoms with Crippen LogP contribution in [0, 0.1) is 29.6 Å². The third kappa shape index (κ3) is 0.569. The number of rotatable bonds is 1. The Morgan fingerprint density at radius 3 is 2.18 bits per heavy atom. The van der Waals surface area contributed by atoms with Gasteiger partial charge in [0, 0.05) is 0 Å². The van der Waals surface area contributed by atoms with Crippen LogP contribution in [0.4, 0.5) is 0 Å². The van der Waals surface area contributed by atoms with Crippen LogP contribution in [0.25, 0.3) is 0 Å². The van der Waals surface area contributed by atoms with Crippen molar-refractivity contribution in [3.63, 3.8) is 0 Å². The van der Waals surface area contributed by atoms with Gasteiger partial charge in [0.2, 0.25) is 0 Å². The lowest BCUT2D eigenvalue weighted by Gasteiger charge is -2.04. The van der Waals surface area contributed by atoms with E-state index < -0.39 is 5.97 Å². The molecular weight excluding hydrogens is 140 g/mol. The summed E-state index contributed by atoms with van der Waals surface area (Å²) in [5.41, 5.74) is 0. The first-order chi connectivity index (χ1) is 5.29. The molecule has 0 aromatic carbocycles. The summed E-state index contributed by atoms with van der Waals surface area (Å²) in [7, 11) is 0. The lowest BCUT2D eigenvalue weighted by Crippen LogP contribution is -2.07. The molecule has 3 aliphatic rings. The summed E-state index contributed by atoms with van der Waals surface area (Å²) in [6.07, 6.45) is 3.98. The van der Waals surface area contributed by atoms with Crippen molar-refractivity contribution in [3.05, 3.63) is 0 Å². The van der Waals surface area contributed by atoms with E-state index >= 15 is 0 Å². The van der Waals surface area contributed by atoms with Gasteiger partial charge in [-0.1, -0.05) is 0 Å². The van der Waals surface area contributed by atoms with Gasteiger partial charge in [-0.05, 0) is 42.9 Å². The molecule has 0 aliphatic heterocycles. The molecule has 0 radical (unpaired) electrons. The zero-order valence-electron chi connectivity index (χ0n) is 6.36. The number of carbonyl (C=O) groups is 1. The van der Waals surface area contributed by atoms with Crippen LogP contribution in [0.2, 0.25) is 0 Å². The molecule has 0 amide bonds. The van der Waals surface area contributed by atoms with Crippen molar-refractivity contribution in [2.75, 3.05) is 0 Å². The van der Waals surface area contributed by atoms with Gasteiger partial charge in [0.05, 0.1) is 5.92 Å². The molecule has 5 atom stereocenters. The second-order valence-electron chi connectivity index (χ2n) is 4.35. The molecule has 2 bridgehead atoms. The van der Waals surface area contributed by atoms with E-state index in [2.05, 4.69) is 0 Å². The molecule has 1 unspecified atom stereocenters. The Morgan fingerprint density at radius 1 is 1.18 bits per heavy atom. The Balaban J connectivity index is 1.86. The van der Waals surface area contributed by atoms with Gasteiger partial charge in [0.25, 0.3) is 0 Å². The van der Waals surface area contributed by atoms with Crippen molar-refractivity contribution in [1.82, 2.24) is 0 Å². The minimum atomic E-state index is -0.531. The predicted octanol–water partition coefficient (Wildman–Crippen LogP) is 1.36. The largest absolute Gasteiger partial charge is 0.481 e. The minimum Gasteiger partial charge on any atom is -0.481 e. The maximum absolute atomic E-state index is 10.7. The molecule has 3 rings (SSSR count). The first-order valence-electron chi connectivity index (χ1n) is 4.52. The quantitative estimate of drug-likeness (QED) is 0.616. The molecule has 60 valence electrons. The van der Waals surface area contributed by atoms with E-state index in [-0.39, 0.29) is 5.92 Å². The molecular formula is C9H12O2. The minimum absolute atomic E-state index is 0.0706. The third-order valence-corrected chi connectivity index (χ3v) is 4.02. The second-order valence-corrected chi connectivity index (χ2v) is 4.35. The Bertz CT molecular complexity index is 208. The molecule has 0 heterocycles. The highest BCUT2D eigenvalue weighted by molar-refractivity contribution is 5.75. The van der Waals surface area contributed by atoms with Crippen LogP contribution in [0.1, 0.15) is 19.3 Å². The van der Waals surface area contributed by atoms with Gasteiger partial charge in [-0.15, -0.1) is 0 Å². The molecule has 0 aromatic rings.